The van der Waals surface area contributed by atoms with Crippen molar-refractivity contribution >= 4 is 6.47 Å². The Balaban J connectivity index is 2.81. The molecule has 0 fully saturated rings. The van der Waals surface area contributed by atoms with E-state index in [2.05, 4.69) is 4.84 Å². The van der Waals surface area contributed by atoms with E-state index in [1.165, 1.54) is 5.06 Å². The van der Waals surface area contributed by atoms with Crippen LogP contribution in [0.1, 0.15) is 0 Å². The average molecular weight is 89.1 g/mol. The summed E-state index contributed by atoms with van der Waals surface area (Å²) in [4.78, 5) is 13.5. The van der Waals surface area contributed by atoms with Gasteiger partial charge in [0, 0.05) is 14.1 Å². The van der Waals surface area contributed by atoms with Crippen molar-refractivity contribution < 1.29 is 9.63 Å². The highest BCUT2D eigenvalue weighted by Gasteiger charge is 1.77. The predicted molar refractivity (Wildman–Crippen MR) is 20.8 cm³/mol. The lowest BCUT2D eigenvalue weighted by atomic mass is 11.2. The minimum absolute atomic E-state index is 0.375. The van der Waals surface area contributed by atoms with Crippen LogP contribution in [0, 0.1) is 0 Å². The zero-order valence-corrected chi connectivity index (χ0v) is 3.84. The third-order valence-electron chi connectivity index (χ3n) is 0.254. The van der Waals surface area contributed by atoms with Crippen molar-refractivity contribution in [2.75, 3.05) is 14.1 Å². The minimum atomic E-state index is 0.375. The van der Waals surface area contributed by atoms with Gasteiger partial charge in [0.2, 0.25) is 0 Å². The molecule has 0 spiro atoms. The normalized spacial score (nSPS) is 8.50. The molecular formula is C3H7NO2. The Kier molecular flexibility index (Phi) is 2.40. The molecule has 0 aromatic rings. The highest BCUT2D eigenvalue weighted by atomic mass is 16.7. The van der Waals surface area contributed by atoms with Gasteiger partial charge in [0.05, 0.1) is 0 Å². The number of rotatable bonds is 2. The highest BCUT2D eigenvalue weighted by Crippen LogP contribution is 1.66. The molecule has 0 rings (SSSR count). The van der Waals surface area contributed by atoms with E-state index < -0.39 is 0 Å². The Morgan fingerprint density at radius 2 is 2.17 bits per heavy atom. The first-order chi connectivity index (χ1) is 2.77. The summed E-state index contributed by atoms with van der Waals surface area (Å²) in [6.07, 6.45) is 0. The molecule has 0 N–H and O–H groups in total. The van der Waals surface area contributed by atoms with E-state index in [-0.39, 0.29) is 0 Å². The Hall–Kier alpha value is -0.570. The average Bonchev–Trinajstić information content (AvgIpc) is 1.35. The first-order valence-corrected chi connectivity index (χ1v) is 1.55. The van der Waals surface area contributed by atoms with Gasteiger partial charge in [0.15, 0.2) is 0 Å². The van der Waals surface area contributed by atoms with Gasteiger partial charge >= 0.3 is 6.47 Å². The Morgan fingerprint density at radius 1 is 1.67 bits per heavy atom. The lowest BCUT2D eigenvalue weighted by Crippen LogP contribution is -2.10. The fraction of sp³-hybridized carbons (Fsp3) is 0.667. The molecule has 0 aliphatic carbocycles. The standard InChI is InChI=1S/C3H7NO2/c1-4(2)6-3-5/h3H,1-2H3. The van der Waals surface area contributed by atoms with Crippen molar-refractivity contribution in [3.8, 4) is 0 Å². The number of nitrogens with zero attached hydrogens (tertiary/aromatic N) is 1. The molecule has 0 aromatic carbocycles. The van der Waals surface area contributed by atoms with Crippen LogP contribution in [0.15, 0.2) is 0 Å². The molecule has 0 heterocycles. The molecular weight excluding hydrogens is 82.0 g/mol. The van der Waals surface area contributed by atoms with Crippen LogP contribution < -0.4 is 0 Å². The number of carbonyl (C=O) groups is 1. The maximum absolute atomic E-state index is 9.35. The van der Waals surface area contributed by atoms with Gasteiger partial charge in [-0.05, 0) is 0 Å². The molecule has 0 aliphatic rings. The molecule has 36 valence electrons. The van der Waals surface area contributed by atoms with E-state index in [1.54, 1.807) is 14.1 Å². The van der Waals surface area contributed by atoms with E-state index in [0.717, 1.165) is 0 Å². The zero-order valence-electron chi connectivity index (χ0n) is 3.84. The molecule has 0 radical (unpaired) electrons. The van der Waals surface area contributed by atoms with Crippen molar-refractivity contribution in [1.29, 1.82) is 0 Å². The molecule has 0 aliphatic heterocycles. The van der Waals surface area contributed by atoms with Crippen LogP contribution in [0.25, 0.3) is 0 Å². The fourth-order valence-corrected chi connectivity index (χ4v) is 0.0861. The van der Waals surface area contributed by atoms with E-state index >= 15 is 0 Å². The van der Waals surface area contributed by atoms with E-state index in [1.807, 2.05) is 0 Å². The van der Waals surface area contributed by atoms with E-state index in [9.17, 15) is 4.79 Å². The molecule has 0 aromatic heterocycles. The molecule has 3 nitrogen and oxygen atoms in total. The van der Waals surface area contributed by atoms with Crippen LogP contribution >= 0.6 is 0 Å². The molecule has 0 unspecified atom stereocenters. The second kappa shape index (κ2) is 2.66. The van der Waals surface area contributed by atoms with Gasteiger partial charge in [-0.2, -0.15) is 0 Å². The maximum atomic E-state index is 9.35. The lowest BCUT2D eigenvalue weighted by molar-refractivity contribution is -0.160. The highest BCUT2D eigenvalue weighted by molar-refractivity contribution is 5.36. The molecule has 0 bridgehead atoms. The molecule has 0 saturated carbocycles. The van der Waals surface area contributed by atoms with Crippen molar-refractivity contribution in [3.63, 3.8) is 0 Å². The summed E-state index contributed by atoms with van der Waals surface area (Å²) in [5, 5.41) is 1.31. The van der Waals surface area contributed by atoms with Crippen LogP contribution in [0.5, 0.6) is 0 Å². The van der Waals surface area contributed by atoms with Gasteiger partial charge in [-0.15, -0.1) is 5.06 Å². The monoisotopic (exact) mass is 89.0 g/mol. The molecule has 6 heavy (non-hydrogen) atoms. The minimum Gasteiger partial charge on any atom is -0.371 e. The topological polar surface area (TPSA) is 29.5 Å². The second-order valence-electron chi connectivity index (χ2n) is 1.01. The Morgan fingerprint density at radius 3 is 2.17 bits per heavy atom. The first-order valence-electron chi connectivity index (χ1n) is 1.55. The Labute approximate surface area is 36.5 Å². The van der Waals surface area contributed by atoms with Crippen molar-refractivity contribution in [2.45, 2.75) is 0 Å². The largest absolute Gasteiger partial charge is 0.371 e. The molecule has 0 saturated heterocycles. The quantitative estimate of drug-likeness (QED) is 0.341. The summed E-state index contributed by atoms with van der Waals surface area (Å²) < 4.78 is 0. The molecule has 3 heteroatoms. The Bertz CT molecular complexity index is 44.1. The van der Waals surface area contributed by atoms with Gasteiger partial charge in [-0.3, -0.25) is 4.79 Å². The SMILES string of the molecule is CN(C)OC=O. The van der Waals surface area contributed by atoms with Crippen LogP contribution in [-0.2, 0) is 9.63 Å². The van der Waals surface area contributed by atoms with Gasteiger partial charge in [0.25, 0.3) is 0 Å². The van der Waals surface area contributed by atoms with Crippen molar-refractivity contribution in [1.82, 2.24) is 5.06 Å². The van der Waals surface area contributed by atoms with E-state index in [4.69, 9.17) is 0 Å². The third kappa shape index (κ3) is 3.43. The van der Waals surface area contributed by atoms with Crippen LogP contribution in [0.2, 0.25) is 0 Å². The number of hydroxylamine groups is 2. The number of hydrogen-bond acceptors (Lipinski definition) is 3. The lowest BCUT2D eigenvalue weighted by Gasteiger charge is -2.01. The predicted octanol–water partition coefficient (Wildman–Crippen LogP) is -0.364. The summed E-state index contributed by atoms with van der Waals surface area (Å²) in [7, 11) is 3.27. The van der Waals surface area contributed by atoms with Crippen LogP contribution in [0.4, 0.5) is 0 Å². The van der Waals surface area contributed by atoms with Crippen LogP contribution in [-0.4, -0.2) is 25.6 Å². The number of hydrogen-bond donors (Lipinski definition) is 0. The van der Waals surface area contributed by atoms with Gasteiger partial charge in [0.1, 0.15) is 0 Å². The summed E-state index contributed by atoms with van der Waals surface area (Å²) in [5.74, 6) is 0. The summed E-state index contributed by atoms with van der Waals surface area (Å²) in [5.41, 5.74) is 0. The first kappa shape index (κ1) is 5.43. The van der Waals surface area contributed by atoms with E-state index in [0.29, 0.717) is 6.47 Å². The zero-order chi connectivity index (χ0) is 4.99. The molecule has 0 amide bonds. The summed E-state index contributed by atoms with van der Waals surface area (Å²) >= 11 is 0. The summed E-state index contributed by atoms with van der Waals surface area (Å²) in [6.45, 7) is 0.375. The van der Waals surface area contributed by atoms with Gasteiger partial charge in [-0.1, -0.05) is 0 Å². The van der Waals surface area contributed by atoms with Crippen molar-refractivity contribution in [3.05, 3.63) is 0 Å². The molecule has 0 atom stereocenters. The summed E-state index contributed by atoms with van der Waals surface area (Å²) in [6, 6.07) is 0. The van der Waals surface area contributed by atoms with Gasteiger partial charge < -0.3 is 4.84 Å². The second-order valence-corrected chi connectivity index (χ2v) is 1.01. The number of carbonyl (C=O) groups excluding carboxylic acids is 1. The van der Waals surface area contributed by atoms with Crippen molar-refractivity contribution in [2.24, 2.45) is 0 Å². The van der Waals surface area contributed by atoms with Gasteiger partial charge in [-0.25, -0.2) is 0 Å². The fourth-order valence-electron chi connectivity index (χ4n) is 0.0861. The third-order valence-corrected chi connectivity index (χ3v) is 0.254. The van der Waals surface area contributed by atoms with Crippen LogP contribution in [0.3, 0.4) is 0 Å². The smallest absolute Gasteiger partial charge is 0.312 e. The maximum Gasteiger partial charge on any atom is 0.312 e.